The van der Waals surface area contributed by atoms with Gasteiger partial charge in [0.25, 0.3) is 0 Å². The molecule has 0 spiro atoms. The van der Waals surface area contributed by atoms with E-state index >= 15 is 0 Å². The minimum absolute atomic E-state index is 0.317. The fourth-order valence-corrected chi connectivity index (χ4v) is 2.67. The lowest BCUT2D eigenvalue weighted by Gasteiger charge is -2.37. The predicted octanol–water partition coefficient (Wildman–Crippen LogP) is 2.82. The van der Waals surface area contributed by atoms with E-state index in [-0.39, 0.29) is 0 Å². The molecule has 0 heterocycles. The largest absolute Gasteiger partial charge is 0.478 e. The zero-order valence-electron chi connectivity index (χ0n) is 11.0. The molecule has 1 rings (SSSR count). The molecule has 0 aliphatic heterocycles. The van der Waals surface area contributed by atoms with Crippen molar-refractivity contribution >= 4 is 5.97 Å². The van der Waals surface area contributed by atoms with Crippen molar-refractivity contribution in [3.05, 3.63) is 12.2 Å². The zero-order chi connectivity index (χ0) is 12.7. The average Bonchev–Trinajstić information content (AvgIpc) is 2.29. The van der Waals surface area contributed by atoms with Gasteiger partial charge in [-0.15, -0.1) is 0 Å². The number of nitrogens with one attached hydrogen (secondary N) is 1. The van der Waals surface area contributed by atoms with Gasteiger partial charge in [0.2, 0.25) is 0 Å². The maximum absolute atomic E-state index is 10.3. The Labute approximate surface area is 104 Å². The lowest BCUT2D eigenvalue weighted by Crippen LogP contribution is -2.36. The van der Waals surface area contributed by atoms with Gasteiger partial charge >= 0.3 is 5.97 Å². The first-order valence-corrected chi connectivity index (χ1v) is 6.62. The highest BCUT2D eigenvalue weighted by Crippen LogP contribution is 2.37. The van der Waals surface area contributed by atoms with Crippen LogP contribution in [0.3, 0.4) is 0 Å². The van der Waals surface area contributed by atoms with Gasteiger partial charge in [0.15, 0.2) is 0 Å². The Bertz CT molecular complexity index is 265. The first kappa shape index (κ1) is 14.2. The molecule has 3 nitrogen and oxygen atoms in total. The predicted molar refractivity (Wildman–Crippen MR) is 70.0 cm³/mol. The monoisotopic (exact) mass is 239 g/mol. The average molecular weight is 239 g/mol. The van der Waals surface area contributed by atoms with E-state index in [0.717, 1.165) is 12.5 Å². The van der Waals surface area contributed by atoms with Crippen LogP contribution in [-0.4, -0.2) is 24.2 Å². The molecule has 98 valence electrons. The molecule has 17 heavy (non-hydrogen) atoms. The van der Waals surface area contributed by atoms with Gasteiger partial charge in [0.1, 0.15) is 0 Å². The highest BCUT2D eigenvalue weighted by atomic mass is 16.4. The molecule has 0 aromatic heterocycles. The SMILES string of the molecule is CC(C)(CNC/C=C/C(=O)O)C1CCCCC1. The van der Waals surface area contributed by atoms with Crippen LogP contribution in [0.4, 0.5) is 0 Å². The molecule has 3 heteroatoms. The summed E-state index contributed by atoms with van der Waals surface area (Å²) in [7, 11) is 0. The Kier molecular flexibility index (Phi) is 5.69. The number of hydrogen-bond acceptors (Lipinski definition) is 2. The van der Waals surface area contributed by atoms with Gasteiger partial charge in [-0.25, -0.2) is 4.79 Å². The minimum Gasteiger partial charge on any atom is -0.478 e. The molecule has 0 amide bonds. The van der Waals surface area contributed by atoms with Crippen molar-refractivity contribution in [2.24, 2.45) is 11.3 Å². The van der Waals surface area contributed by atoms with Gasteiger partial charge in [-0.3, -0.25) is 0 Å². The van der Waals surface area contributed by atoms with E-state index in [1.54, 1.807) is 6.08 Å². The van der Waals surface area contributed by atoms with Crippen molar-refractivity contribution in [2.45, 2.75) is 46.0 Å². The molecule has 0 bridgehead atoms. The van der Waals surface area contributed by atoms with Crippen LogP contribution in [0.2, 0.25) is 0 Å². The van der Waals surface area contributed by atoms with Crippen LogP contribution >= 0.6 is 0 Å². The van der Waals surface area contributed by atoms with Crippen LogP contribution in [0.5, 0.6) is 0 Å². The number of carboxylic acid groups (broad SMARTS) is 1. The summed E-state index contributed by atoms with van der Waals surface area (Å²) < 4.78 is 0. The molecule has 1 saturated carbocycles. The highest BCUT2D eigenvalue weighted by Gasteiger charge is 2.29. The Balaban J connectivity index is 2.25. The topological polar surface area (TPSA) is 49.3 Å². The maximum Gasteiger partial charge on any atom is 0.328 e. The van der Waals surface area contributed by atoms with E-state index < -0.39 is 5.97 Å². The van der Waals surface area contributed by atoms with Crippen LogP contribution in [0, 0.1) is 11.3 Å². The summed E-state index contributed by atoms with van der Waals surface area (Å²) >= 11 is 0. The number of carboxylic acids is 1. The molecule has 0 unspecified atom stereocenters. The van der Waals surface area contributed by atoms with E-state index in [4.69, 9.17) is 5.11 Å². The van der Waals surface area contributed by atoms with Gasteiger partial charge in [-0.2, -0.15) is 0 Å². The Morgan fingerprint density at radius 2 is 2.00 bits per heavy atom. The number of carbonyl (C=O) groups is 1. The molecule has 0 saturated heterocycles. The zero-order valence-corrected chi connectivity index (χ0v) is 11.0. The number of rotatable bonds is 6. The second-order valence-corrected chi connectivity index (χ2v) is 5.70. The Hall–Kier alpha value is -0.830. The van der Waals surface area contributed by atoms with Gasteiger partial charge < -0.3 is 10.4 Å². The molecule has 1 aliphatic rings. The van der Waals surface area contributed by atoms with Gasteiger partial charge in [0.05, 0.1) is 0 Å². The summed E-state index contributed by atoms with van der Waals surface area (Å²) in [5, 5.41) is 11.8. The molecule has 0 aromatic carbocycles. The van der Waals surface area contributed by atoms with Gasteiger partial charge in [-0.1, -0.05) is 39.2 Å². The molecule has 1 aliphatic carbocycles. The highest BCUT2D eigenvalue weighted by molar-refractivity contribution is 5.79. The number of hydrogen-bond donors (Lipinski definition) is 2. The summed E-state index contributed by atoms with van der Waals surface area (Å²) in [4.78, 5) is 10.3. The summed E-state index contributed by atoms with van der Waals surface area (Å²) in [6.07, 6.45) is 9.68. The van der Waals surface area contributed by atoms with Crippen molar-refractivity contribution in [1.82, 2.24) is 5.32 Å². The second-order valence-electron chi connectivity index (χ2n) is 5.70. The van der Waals surface area contributed by atoms with Crippen molar-refractivity contribution in [1.29, 1.82) is 0 Å². The lowest BCUT2D eigenvalue weighted by molar-refractivity contribution is -0.131. The molecule has 0 aromatic rings. The van der Waals surface area contributed by atoms with Crippen molar-refractivity contribution in [3.8, 4) is 0 Å². The third-order valence-corrected chi connectivity index (χ3v) is 3.81. The quantitative estimate of drug-likeness (QED) is 0.553. The molecular weight excluding hydrogens is 214 g/mol. The molecule has 2 N–H and O–H groups in total. The van der Waals surface area contributed by atoms with E-state index in [2.05, 4.69) is 19.2 Å². The van der Waals surface area contributed by atoms with E-state index in [9.17, 15) is 4.79 Å². The third-order valence-electron chi connectivity index (χ3n) is 3.81. The Morgan fingerprint density at radius 1 is 1.35 bits per heavy atom. The van der Waals surface area contributed by atoms with Crippen LogP contribution < -0.4 is 5.32 Å². The lowest BCUT2D eigenvalue weighted by atomic mass is 9.71. The molecular formula is C14H25NO2. The summed E-state index contributed by atoms with van der Waals surface area (Å²) in [5.41, 5.74) is 0.317. The van der Waals surface area contributed by atoms with Crippen molar-refractivity contribution < 1.29 is 9.90 Å². The number of aliphatic carboxylic acids is 1. The van der Waals surface area contributed by atoms with Crippen molar-refractivity contribution in [3.63, 3.8) is 0 Å². The van der Waals surface area contributed by atoms with Gasteiger partial charge in [0, 0.05) is 19.2 Å². The summed E-state index contributed by atoms with van der Waals surface area (Å²) in [6.45, 7) is 6.23. The van der Waals surface area contributed by atoms with Gasteiger partial charge in [-0.05, 0) is 24.2 Å². The van der Waals surface area contributed by atoms with E-state index in [0.29, 0.717) is 12.0 Å². The third kappa shape index (κ3) is 5.35. The normalized spacial score (nSPS) is 18.7. The second kappa shape index (κ2) is 6.80. The fraction of sp³-hybridized carbons (Fsp3) is 0.786. The van der Waals surface area contributed by atoms with E-state index in [1.807, 2.05) is 0 Å². The minimum atomic E-state index is -0.877. The van der Waals surface area contributed by atoms with Crippen LogP contribution in [0.15, 0.2) is 12.2 Å². The first-order chi connectivity index (χ1) is 8.02. The summed E-state index contributed by atoms with van der Waals surface area (Å²) in [6, 6.07) is 0. The van der Waals surface area contributed by atoms with Crippen molar-refractivity contribution in [2.75, 3.05) is 13.1 Å². The standard InChI is InChI=1S/C14H25NO2/c1-14(2,12-7-4-3-5-8-12)11-15-10-6-9-13(16)17/h6,9,12,15H,3-5,7-8,10-11H2,1-2H3,(H,16,17)/b9-6+. The summed E-state index contributed by atoms with van der Waals surface area (Å²) in [5.74, 6) is -0.0643. The first-order valence-electron chi connectivity index (χ1n) is 6.62. The maximum atomic E-state index is 10.3. The molecule has 0 atom stereocenters. The van der Waals surface area contributed by atoms with Crippen LogP contribution in [-0.2, 0) is 4.79 Å². The van der Waals surface area contributed by atoms with E-state index in [1.165, 1.54) is 38.2 Å². The van der Waals surface area contributed by atoms with Crippen LogP contribution in [0.25, 0.3) is 0 Å². The molecule has 0 radical (unpaired) electrons. The molecule has 1 fully saturated rings. The van der Waals surface area contributed by atoms with Crippen LogP contribution in [0.1, 0.15) is 46.0 Å². The Morgan fingerprint density at radius 3 is 2.59 bits per heavy atom. The smallest absolute Gasteiger partial charge is 0.328 e. The fourth-order valence-electron chi connectivity index (χ4n) is 2.67.